The number of amidine groups is 2. The maximum atomic E-state index is 8.84. The van der Waals surface area contributed by atoms with E-state index in [2.05, 4.69) is 150 Å². The van der Waals surface area contributed by atoms with Gasteiger partial charge < -0.3 is 51.7 Å². The Morgan fingerprint density at radius 1 is 0.505 bits per heavy atom. The summed E-state index contributed by atoms with van der Waals surface area (Å²) in [6.45, 7) is 21.5. The topological polar surface area (TPSA) is 292 Å². The predicted molar refractivity (Wildman–Crippen MR) is 371 cm³/mol. The number of nitrogen functional groups attached to an aromatic ring is 2. The molecule has 0 spiro atoms. The van der Waals surface area contributed by atoms with Crippen molar-refractivity contribution in [2.45, 2.75) is 105 Å². The minimum absolute atomic E-state index is 0. The van der Waals surface area contributed by atoms with Gasteiger partial charge in [-0.2, -0.15) is 15.8 Å². The number of hydrogen-bond acceptors (Lipinski definition) is 13. The third-order valence-electron chi connectivity index (χ3n) is 11.5. The van der Waals surface area contributed by atoms with Gasteiger partial charge in [0.2, 0.25) is 0 Å². The summed E-state index contributed by atoms with van der Waals surface area (Å²) in [5.41, 5.74) is 24.6. The van der Waals surface area contributed by atoms with Gasteiger partial charge in [-0.1, -0.05) is 154 Å². The van der Waals surface area contributed by atoms with Gasteiger partial charge in [0.1, 0.15) is 66.8 Å². The molecule has 0 unspecified atom stereocenters. The first-order valence-corrected chi connectivity index (χ1v) is 36.9. The third kappa shape index (κ3) is 39.5. The average molecular weight is 1460 g/mol. The van der Waals surface area contributed by atoms with Crippen molar-refractivity contribution in [3.8, 4) is 47.0 Å². The van der Waals surface area contributed by atoms with Crippen LogP contribution in [-0.2, 0) is 46.8 Å². The number of phenolic OH excluding ortho intramolecular Hbond substituents is 1. The van der Waals surface area contributed by atoms with Crippen molar-refractivity contribution in [2.75, 3.05) is 0 Å². The summed E-state index contributed by atoms with van der Waals surface area (Å²) >= 11 is 6.88. The van der Waals surface area contributed by atoms with Crippen LogP contribution < -0.4 is 157 Å². The largest absolute Gasteiger partial charge is 1.00 e. The van der Waals surface area contributed by atoms with Crippen molar-refractivity contribution in [3.63, 3.8) is 0 Å². The number of nitrogens with zero attached hydrogens (tertiary/aromatic N) is 4. The number of aryl methyl sites for hydroxylation is 3. The molecular formula is C70H81Br2K2LiN8O8Si2. The van der Waals surface area contributed by atoms with Gasteiger partial charge in [-0.05, 0) is 188 Å². The Hall–Kier alpha value is -5.18. The molecule has 0 saturated heterocycles. The smallest absolute Gasteiger partial charge is 1.00 e. The molecule has 7 N–H and O–H groups in total. The number of halogens is 2. The molecule has 0 aliphatic heterocycles. The van der Waals surface area contributed by atoms with Crippen LogP contribution in [0.2, 0.25) is 39.3 Å². The molecule has 0 aromatic heterocycles. The van der Waals surface area contributed by atoms with Crippen LogP contribution >= 0.6 is 31.9 Å². The first kappa shape index (κ1) is 89.9. The number of aromatic hydroxyl groups is 1. The SMILES string of the molecule is C.C[Si](C)(C)[N-][Si](C)(C)C.Cc1cc(CBr)cc(CBr)c1.Cc1cc(COc2ccc(C#N)cc2)cc(COc2ccc(C#N)cc2)c1.Cc1cc(COc2ccc(C(=N)N)cc2)cc(COc2ccc(C(=N)N)cc2)c1.N#Cc1ccc(O)cc1.O=CO[O-].[H-].[K+].[K+].[Li+]. The van der Waals surface area contributed by atoms with Crippen molar-refractivity contribution >= 4 is 66.5 Å². The zero-order chi connectivity index (χ0) is 65.9. The number of phenols is 1. The standard InChI is InChI=1S/C23H24N4O2.C23H18N2O2.C9H10Br2.C7H5NO.C6H18NSi2.CH2O3.CH4.2K.Li.H/c1-15-10-16(13-28-20-6-2-18(3-7-20)22(24)25)12-17(11-15)14-29-21-8-4-19(5-9-21)23(26)27;1-17-10-20(15-26-22-6-2-18(13-24)3-7-22)12-21(11-17)16-27-23-8-4-19(14-25)5-9-23;1-7-2-8(5-10)4-9(3-7)6-11;8-5-6-1-3-7(9)4-2-6;1-8(2,3)7-9(4,5)6;2-1-4-3;;;;;/h2-12H,13-14H2,1H3,(H3,24,25)(H3,26,27);2-12H,15-16H2,1H3;2-4H,5-6H2,1H3;1-4,9H;1-6H3;1,3H;1H4;;;;/q;;;;-1;;;3*+1;-1/p-1. The van der Waals surface area contributed by atoms with Gasteiger partial charge in [-0.15, -0.1) is 0 Å². The Balaban J connectivity index is -0.00000116. The van der Waals surface area contributed by atoms with Crippen molar-refractivity contribution in [2.24, 2.45) is 11.5 Å². The van der Waals surface area contributed by atoms with Crippen LogP contribution in [0.15, 0.2) is 176 Å². The second kappa shape index (κ2) is 48.5. The molecule has 474 valence electrons. The first-order valence-electron chi connectivity index (χ1n) is 27.7. The summed E-state index contributed by atoms with van der Waals surface area (Å²) in [5, 5.41) is 59.9. The van der Waals surface area contributed by atoms with Crippen LogP contribution in [0.1, 0.15) is 86.7 Å². The Morgan fingerprint density at radius 2 is 0.731 bits per heavy atom. The molecule has 0 aliphatic carbocycles. The summed E-state index contributed by atoms with van der Waals surface area (Å²) < 4.78 is 28.1. The van der Waals surface area contributed by atoms with Gasteiger partial charge in [-0.25, -0.2) is 0 Å². The number of benzene rings is 8. The number of carbonyl (C=O) groups excluding carboxylic acids is 1. The number of nitrogens with one attached hydrogen (secondary N) is 2. The van der Waals surface area contributed by atoms with Crippen LogP contribution in [-0.4, -0.2) is 39.7 Å². The zero-order valence-corrected chi connectivity index (χ0v) is 66.0. The van der Waals surface area contributed by atoms with E-state index in [0.29, 0.717) is 54.2 Å². The van der Waals surface area contributed by atoms with Gasteiger partial charge >= 0.3 is 122 Å². The van der Waals surface area contributed by atoms with Crippen LogP contribution in [0, 0.1) is 65.6 Å². The summed E-state index contributed by atoms with van der Waals surface area (Å²) in [6, 6.07) is 59.7. The number of nitriles is 3. The van der Waals surface area contributed by atoms with E-state index in [1.807, 2.05) is 19.9 Å². The Bertz CT molecular complexity index is 3460. The fourth-order valence-corrected chi connectivity index (χ4v) is 17.0. The molecule has 0 heterocycles. The van der Waals surface area contributed by atoms with E-state index in [4.69, 9.17) is 76.8 Å². The predicted octanol–water partition coefficient (Wildman–Crippen LogP) is 6.89. The van der Waals surface area contributed by atoms with Crippen LogP contribution in [0.5, 0.6) is 28.7 Å². The van der Waals surface area contributed by atoms with Crippen molar-refractivity contribution in [1.29, 1.82) is 26.6 Å². The molecule has 0 amide bonds. The molecule has 93 heavy (non-hydrogen) atoms. The van der Waals surface area contributed by atoms with Crippen molar-refractivity contribution in [1.82, 2.24) is 0 Å². The van der Waals surface area contributed by atoms with Crippen LogP contribution in [0.25, 0.3) is 4.65 Å². The van der Waals surface area contributed by atoms with Gasteiger partial charge in [0, 0.05) is 21.8 Å². The number of carbonyl (C=O) groups is 1. The fraction of sp³-hybridized carbons (Fsp3) is 0.229. The van der Waals surface area contributed by atoms with Gasteiger partial charge in [0.25, 0.3) is 6.47 Å². The molecule has 8 aromatic rings. The summed E-state index contributed by atoms with van der Waals surface area (Å²) in [7, 11) is -2.21. The Morgan fingerprint density at radius 3 is 0.935 bits per heavy atom. The summed E-state index contributed by atoms with van der Waals surface area (Å²) in [6.07, 6.45) is 0. The van der Waals surface area contributed by atoms with Gasteiger partial charge in [0.15, 0.2) is 0 Å². The molecular weight excluding hydrogens is 1380 g/mol. The molecule has 0 fully saturated rings. The third-order valence-corrected chi connectivity index (χ3v) is 18.2. The average Bonchev–Trinajstić information content (AvgIpc) is 1.35. The van der Waals surface area contributed by atoms with E-state index < -0.39 is 16.5 Å². The molecule has 0 radical (unpaired) electrons. The monoisotopic (exact) mass is 1460 g/mol. The molecule has 0 aliphatic rings. The van der Waals surface area contributed by atoms with E-state index in [9.17, 15) is 0 Å². The summed E-state index contributed by atoms with van der Waals surface area (Å²) in [5.74, 6) is 3.16. The number of alkyl halides is 2. The zero-order valence-electron chi connectivity index (χ0n) is 55.6. The number of rotatable bonds is 19. The normalized spacial score (nSPS) is 9.69. The first-order chi connectivity index (χ1) is 42.3. The van der Waals surface area contributed by atoms with Crippen molar-refractivity contribution < 1.29 is 162 Å². The molecule has 8 aromatic carbocycles. The fourth-order valence-electron chi connectivity index (χ4n) is 8.25. The van der Waals surface area contributed by atoms with Gasteiger partial charge in [0.05, 0.1) is 34.9 Å². The van der Waals surface area contributed by atoms with E-state index in [1.54, 1.807) is 109 Å². The minimum atomic E-state index is -1.11. The van der Waals surface area contributed by atoms with E-state index in [-0.39, 0.29) is 154 Å². The molecule has 8 rings (SSSR count). The van der Waals surface area contributed by atoms with E-state index >= 15 is 0 Å². The molecule has 0 saturated carbocycles. The minimum Gasteiger partial charge on any atom is -1.00 e. The summed E-state index contributed by atoms with van der Waals surface area (Å²) in [4.78, 5) is 11.2. The number of hydrogen-bond donors (Lipinski definition) is 5. The molecule has 16 nitrogen and oxygen atoms in total. The molecule has 0 bridgehead atoms. The second-order valence-corrected chi connectivity index (χ2v) is 32.6. The quantitative estimate of drug-likeness (QED) is 0.0105. The molecule has 0 atom stereocenters. The number of ether oxygens (including phenoxy) is 4. The van der Waals surface area contributed by atoms with Gasteiger partial charge in [-0.3, -0.25) is 15.6 Å². The van der Waals surface area contributed by atoms with E-state index in [1.165, 1.54) is 28.8 Å². The van der Waals surface area contributed by atoms with E-state index in [0.717, 1.165) is 67.0 Å². The second-order valence-electron chi connectivity index (χ2n) is 21.9. The Labute approximate surface area is 667 Å². The molecule has 23 heteroatoms. The van der Waals surface area contributed by atoms with Crippen molar-refractivity contribution in [3.05, 3.63) is 258 Å². The maximum Gasteiger partial charge on any atom is 1.00 e. The van der Waals surface area contributed by atoms with Crippen LogP contribution in [0.3, 0.4) is 0 Å². The van der Waals surface area contributed by atoms with Crippen LogP contribution in [0.4, 0.5) is 0 Å². The number of nitrogens with two attached hydrogens (primary N) is 2. The maximum absolute atomic E-state index is 8.84. The Kier molecular flexibility index (Phi) is 46.9.